The van der Waals surface area contributed by atoms with E-state index in [-0.39, 0.29) is 0 Å². The molecule has 1 N–H and O–H groups in total. The van der Waals surface area contributed by atoms with Crippen molar-refractivity contribution in [2.24, 2.45) is 11.3 Å². The highest BCUT2D eigenvalue weighted by Crippen LogP contribution is 2.45. The maximum atomic E-state index is 8.89. The van der Waals surface area contributed by atoms with Gasteiger partial charge in [-0.25, -0.2) is 0 Å². The molecule has 0 amide bonds. The van der Waals surface area contributed by atoms with Crippen LogP contribution in [0.2, 0.25) is 0 Å². The molecule has 0 aromatic rings. The summed E-state index contributed by atoms with van der Waals surface area (Å²) >= 11 is 0. The molecule has 1 aliphatic rings. The Labute approximate surface area is 75.5 Å². The van der Waals surface area contributed by atoms with Crippen LogP contribution in [-0.2, 0) is 0 Å². The van der Waals surface area contributed by atoms with Crippen molar-refractivity contribution >= 4 is 0 Å². The monoisotopic (exact) mass is 168 g/mol. The van der Waals surface area contributed by atoms with Gasteiger partial charge in [0.1, 0.15) is 0 Å². The Bertz CT molecular complexity index is 179. The van der Waals surface area contributed by atoms with Crippen LogP contribution in [0, 0.1) is 11.3 Å². The zero-order valence-corrected chi connectivity index (χ0v) is 8.43. The quantitative estimate of drug-likeness (QED) is 0.642. The minimum atomic E-state index is 0.331. The summed E-state index contributed by atoms with van der Waals surface area (Å²) < 4.78 is 0. The lowest BCUT2D eigenvalue weighted by Crippen LogP contribution is -2.22. The van der Waals surface area contributed by atoms with Crippen LogP contribution in [0.5, 0.6) is 0 Å². The van der Waals surface area contributed by atoms with Gasteiger partial charge in [-0.2, -0.15) is 0 Å². The second-order valence-corrected chi connectivity index (χ2v) is 4.25. The predicted molar refractivity (Wildman–Crippen MR) is 52.0 cm³/mol. The van der Waals surface area contributed by atoms with Crippen molar-refractivity contribution in [2.75, 3.05) is 6.61 Å². The Morgan fingerprint density at radius 2 is 2.25 bits per heavy atom. The fourth-order valence-corrected chi connectivity index (χ4v) is 2.34. The van der Waals surface area contributed by atoms with Gasteiger partial charge < -0.3 is 5.11 Å². The van der Waals surface area contributed by atoms with E-state index in [9.17, 15) is 0 Å². The third kappa shape index (κ3) is 1.56. The molecule has 70 valence electrons. The topological polar surface area (TPSA) is 20.2 Å². The SMILES string of the molecule is CCC1=CCC(CCO)C1(C)C. The maximum absolute atomic E-state index is 8.89. The lowest BCUT2D eigenvalue weighted by molar-refractivity contribution is 0.199. The minimum Gasteiger partial charge on any atom is -0.396 e. The van der Waals surface area contributed by atoms with E-state index in [1.54, 1.807) is 5.57 Å². The number of allylic oxidation sites excluding steroid dienone is 2. The average Bonchev–Trinajstić information content (AvgIpc) is 2.28. The number of aliphatic hydroxyl groups is 1. The summed E-state index contributed by atoms with van der Waals surface area (Å²) in [5, 5.41) is 8.89. The van der Waals surface area contributed by atoms with Gasteiger partial charge in [0.25, 0.3) is 0 Å². The van der Waals surface area contributed by atoms with E-state index < -0.39 is 0 Å². The number of rotatable bonds is 3. The molecule has 0 fully saturated rings. The van der Waals surface area contributed by atoms with Crippen LogP contribution in [0.25, 0.3) is 0 Å². The second kappa shape index (κ2) is 3.61. The highest BCUT2D eigenvalue weighted by molar-refractivity contribution is 5.20. The minimum absolute atomic E-state index is 0.331. The van der Waals surface area contributed by atoms with E-state index in [2.05, 4.69) is 26.8 Å². The zero-order valence-electron chi connectivity index (χ0n) is 8.43. The molecule has 0 heterocycles. The molecular formula is C11H20O. The number of aliphatic hydroxyl groups excluding tert-OH is 1. The lowest BCUT2D eigenvalue weighted by Gasteiger charge is -2.30. The third-order valence-corrected chi connectivity index (χ3v) is 3.36. The number of hydrogen-bond donors (Lipinski definition) is 1. The van der Waals surface area contributed by atoms with E-state index in [0.717, 1.165) is 19.3 Å². The molecule has 12 heavy (non-hydrogen) atoms. The summed E-state index contributed by atoms with van der Waals surface area (Å²) in [6, 6.07) is 0. The largest absolute Gasteiger partial charge is 0.396 e. The second-order valence-electron chi connectivity index (χ2n) is 4.25. The van der Waals surface area contributed by atoms with Crippen LogP contribution in [-0.4, -0.2) is 11.7 Å². The van der Waals surface area contributed by atoms with Crippen molar-refractivity contribution in [3.63, 3.8) is 0 Å². The highest BCUT2D eigenvalue weighted by atomic mass is 16.3. The Kier molecular flexibility index (Phi) is 2.94. The third-order valence-electron chi connectivity index (χ3n) is 3.36. The Morgan fingerprint density at radius 3 is 2.67 bits per heavy atom. The molecule has 1 atom stereocenters. The van der Waals surface area contributed by atoms with Gasteiger partial charge in [0.05, 0.1) is 0 Å². The molecule has 0 aliphatic heterocycles. The fraction of sp³-hybridized carbons (Fsp3) is 0.818. The van der Waals surface area contributed by atoms with Gasteiger partial charge in [-0.05, 0) is 30.6 Å². The first kappa shape index (κ1) is 9.79. The molecule has 1 rings (SSSR count). The van der Waals surface area contributed by atoms with Crippen LogP contribution >= 0.6 is 0 Å². The Morgan fingerprint density at radius 1 is 1.58 bits per heavy atom. The van der Waals surface area contributed by atoms with E-state index in [1.165, 1.54) is 0 Å². The molecule has 0 saturated carbocycles. The lowest BCUT2D eigenvalue weighted by atomic mass is 9.75. The summed E-state index contributed by atoms with van der Waals surface area (Å²) in [5.41, 5.74) is 1.90. The average molecular weight is 168 g/mol. The van der Waals surface area contributed by atoms with Crippen molar-refractivity contribution in [1.29, 1.82) is 0 Å². The molecular weight excluding hydrogens is 148 g/mol. The Hall–Kier alpha value is -0.300. The molecule has 1 nitrogen and oxygen atoms in total. The molecule has 0 radical (unpaired) electrons. The first-order valence-electron chi connectivity index (χ1n) is 4.93. The first-order valence-corrected chi connectivity index (χ1v) is 4.93. The van der Waals surface area contributed by atoms with E-state index in [0.29, 0.717) is 17.9 Å². The molecule has 0 bridgehead atoms. The first-order chi connectivity index (χ1) is 5.62. The van der Waals surface area contributed by atoms with Crippen molar-refractivity contribution in [2.45, 2.75) is 40.0 Å². The van der Waals surface area contributed by atoms with Gasteiger partial charge in [0.2, 0.25) is 0 Å². The van der Waals surface area contributed by atoms with Crippen LogP contribution < -0.4 is 0 Å². The normalized spacial score (nSPS) is 27.3. The van der Waals surface area contributed by atoms with E-state index >= 15 is 0 Å². The van der Waals surface area contributed by atoms with Crippen molar-refractivity contribution in [3.05, 3.63) is 11.6 Å². The Balaban J connectivity index is 2.65. The molecule has 1 unspecified atom stereocenters. The van der Waals surface area contributed by atoms with Gasteiger partial charge in [-0.1, -0.05) is 32.4 Å². The summed E-state index contributed by atoms with van der Waals surface area (Å²) in [7, 11) is 0. The van der Waals surface area contributed by atoms with Crippen LogP contribution in [0.1, 0.15) is 40.0 Å². The summed E-state index contributed by atoms with van der Waals surface area (Å²) in [6.45, 7) is 7.15. The van der Waals surface area contributed by atoms with E-state index in [4.69, 9.17) is 5.11 Å². The molecule has 0 saturated heterocycles. The maximum Gasteiger partial charge on any atom is 0.0434 e. The van der Waals surface area contributed by atoms with Gasteiger partial charge >= 0.3 is 0 Å². The van der Waals surface area contributed by atoms with Crippen molar-refractivity contribution in [3.8, 4) is 0 Å². The molecule has 0 spiro atoms. The van der Waals surface area contributed by atoms with Crippen LogP contribution in [0.15, 0.2) is 11.6 Å². The summed E-state index contributed by atoms with van der Waals surface area (Å²) in [4.78, 5) is 0. The van der Waals surface area contributed by atoms with E-state index in [1.807, 2.05) is 0 Å². The summed E-state index contributed by atoms with van der Waals surface area (Å²) in [5.74, 6) is 0.664. The van der Waals surface area contributed by atoms with Gasteiger partial charge in [-0.15, -0.1) is 0 Å². The molecule has 1 heteroatoms. The van der Waals surface area contributed by atoms with Gasteiger partial charge in [0, 0.05) is 6.61 Å². The molecule has 1 aliphatic carbocycles. The zero-order chi connectivity index (χ0) is 9.19. The summed E-state index contributed by atoms with van der Waals surface area (Å²) in [6.07, 6.45) is 5.64. The smallest absolute Gasteiger partial charge is 0.0434 e. The molecule has 0 aromatic heterocycles. The van der Waals surface area contributed by atoms with Gasteiger partial charge in [0.15, 0.2) is 0 Å². The van der Waals surface area contributed by atoms with Crippen molar-refractivity contribution in [1.82, 2.24) is 0 Å². The van der Waals surface area contributed by atoms with Crippen LogP contribution in [0.3, 0.4) is 0 Å². The van der Waals surface area contributed by atoms with Gasteiger partial charge in [-0.3, -0.25) is 0 Å². The van der Waals surface area contributed by atoms with Crippen molar-refractivity contribution < 1.29 is 5.11 Å². The highest BCUT2D eigenvalue weighted by Gasteiger charge is 2.35. The predicted octanol–water partition coefficient (Wildman–Crippen LogP) is 2.75. The standard InChI is InChI=1S/C11H20O/c1-4-9-5-6-10(7-8-12)11(9,2)3/h5,10,12H,4,6-8H2,1-3H3. The van der Waals surface area contributed by atoms with Crippen LogP contribution in [0.4, 0.5) is 0 Å². The number of hydrogen-bond acceptors (Lipinski definition) is 1. The molecule has 0 aromatic carbocycles. The fourth-order valence-electron chi connectivity index (χ4n) is 2.34.